The fraction of sp³-hybridized carbons (Fsp3) is 0.0667. The molecule has 1 aliphatic rings. The van der Waals surface area contributed by atoms with Crippen molar-refractivity contribution in [3.8, 4) is 5.75 Å². The third-order valence-electron chi connectivity index (χ3n) is 3.49. The molecule has 0 fully saturated rings. The molecule has 3 rings (SSSR count). The topological polar surface area (TPSA) is 101 Å². The van der Waals surface area contributed by atoms with Crippen LogP contribution in [0.15, 0.2) is 42.5 Å². The molecule has 0 unspecified atom stereocenters. The van der Waals surface area contributed by atoms with E-state index < -0.39 is 17.2 Å². The van der Waals surface area contributed by atoms with Crippen LogP contribution in [0.3, 0.4) is 0 Å². The summed E-state index contributed by atoms with van der Waals surface area (Å²) in [5, 5.41) is 20.5. The minimum atomic E-state index is -2.39. The molecular formula is C15H11NO4. The Morgan fingerprint density at radius 1 is 0.950 bits per heavy atom. The monoisotopic (exact) mass is 269 g/mol. The predicted molar refractivity (Wildman–Crippen MR) is 71.5 cm³/mol. The third kappa shape index (κ3) is 1.41. The van der Waals surface area contributed by atoms with E-state index in [1.807, 2.05) is 0 Å². The fourth-order valence-electron chi connectivity index (χ4n) is 2.47. The Kier molecular flexibility index (Phi) is 2.42. The van der Waals surface area contributed by atoms with Crippen LogP contribution in [0.4, 0.5) is 5.69 Å². The van der Waals surface area contributed by atoms with Gasteiger partial charge in [0.2, 0.25) is 17.2 Å². The maximum Gasteiger partial charge on any atom is 0.220 e. The number of carbonyl (C=O) groups is 2. The lowest BCUT2D eigenvalue weighted by Crippen LogP contribution is -2.38. The Morgan fingerprint density at radius 2 is 1.50 bits per heavy atom. The van der Waals surface area contributed by atoms with Gasteiger partial charge in [-0.1, -0.05) is 24.3 Å². The van der Waals surface area contributed by atoms with Crippen LogP contribution in [0, 0.1) is 0 Å². The van der Waals surface area contributed by atoms with Gasteiger partial charge in [0.15, 0.2) is 0 Å². The van der Waals surface area contributed by atoms with Gasteiger partial charge >= 0.3 is 0 Å². The molecule has 0 saturated carbocycles. The van der Waals surface area contributed by atoms with Crippen LogP contribution in [0.25, 0.3) is 0 Å². The molecule has 0 bridgehead atoms. The Labute approximate surface area is 114 Å². The average molecular weight is 269 g/mol. The van der Waals surface area contributed by atoms with Crippen molar-refractivity contribution in [3.05, 3.63) is 59.2 Å². The van der Waals surface area contributed by atoms with Crippen LogP contribution < -0.4 is 5.73 Å². The van der Waals surface area contributed by atoms with Gasteiger partial charge in [-0.25, -0.2) is 0 Å². The molecule has 4 N–H and O–H groups in total. The Morgan fingerprint density at radius 3 is 2.00 bits per heavy atom. The predicted octanol–water partition coefficient (Wildman–Crippen LogP) is 1.24. The van der Waals surface area contributed by atoms with Gasteiger partial charge in [-0.05, 0) is 12.1 Å². The molecule has 2 aromatic carbocycles. The third-order valence-corrected chi connectivity index (χ3v) is 3.49. The number of hydrogen-bond acceptors (Lipinski definition) is 5. The second-order valence-electron chi connectivity index (χ2n) is 4.69. The summed E-state index contributed by atoms with van der Waals surface area (Å²) >= 11 is 0. The lowest BCUT2D eigenvalue weighted by Gasteiger charge is -2.20. The van der Waals surface area contributed by atoms with Gasteiger partial charge in [0.1, 0.15) is 5.75 Å². The number of phenolic OH excluding ortho intramolecular Hbond substituents is 1. The number of hydrogen-bond donors (Lipinski definition) is 3. The molecule has 5 heteroatoms. The Bertz CT molecular complexity index is 716. The largest absolute Gasteiger partial charge is 0.507 e. The smallest absolute Gasteiger partial charge is 0.220 e. The zero-order valence-corrected chi connectivity index (χ0v) is 10.3. The highest BCUT2D eigenvalue weighted by atomic mass is 16.3. The SMILES string of the molecule is Nc1ccc(C2(O)C(=O)c3ccccc3C2=O)c(O)c1. The van der Waals surface area contributed by atoms with E-state index in [9.17, 15) is 19.8 Å². The summed E-state index contributed by atoms with van der Waals surface area (Å²) in [6, 6.07) is 10.1. The number of aromatic hydroxyl groups is 1. The van der Waals surface area contributed by atoms with Crippen molar-refractivity contribution in [3.63, 3.8) is 0 Å². The molecule has 100 valence electrons. The van der Waals surface area contributed by atoms with E-state index in [2.05, 4.69) is 0 Å². The van der Waals surface area contributed by atoms with Gasteiger partial charge in [0, 0.05) is 28.4 Å². The molecule has 0 heterocycles. The van der Waals surface area contributed by atoms with Crippen LogP contribution in [-0.2, 0) is 5.60 Å². The summed E-state index contributed by atoms with van der Waals surface area (Å²) < 4.78 is 0. The van der Waals surface area contributed by atoms with E-state index in [-0.39, 0.29) is 28.1 Å². The molecule has 20 heavy (non-hydrogen) atoms. The molecule has 0 amide bonds. The number of carbonyl (C=O) groups excluding carboxylic acids is 2. The first-order chi connectivity index (χ1) is 9.46. The van der Waals surface area contributed by atoms with E-state index in [0.717, 1.165) is 0 Å². The summed E-state index contributed by atoms with van der Waals surface area (Å²) in [4.78, 5) is 24.7. The fourth-order valence-corrected chi connectivity index (χ4v) is 2.47. The maximum absolute atomic E-state index is 12.4. The summed E-state index contributed by atoms with van der Waals surface area (Å²) in [5.41, 5.74) is 3.54. The molecule has 0 atom stereocenters. The number of nitrogen functional groups attached to an aromatic ring is 1. The number of nitrogens with two attached hydrogens (primary N) is 1. The molecule has 0 spiro atoms. The highest BCUT2D eigenvalue weighted by molar-refractivity contribution is 6.32. The molecule has 0 aliphatic heterocycles. The van der Waals surface area contributed by atoms with Crippen molar-refractivity contribution in [1.29, 1.82) is 0 Å². The number of anilines is 1. The van der Waals surface area contributed by atoms with E-state index in [0.29, 0.717) is 0 Å². The minimum absolute atomic E-state index is 0.149. The van der Waals surface area contributed by atoms with Gasteiger partial charge in [0.25, 0.3) is 0 Å². The molecular weight excluding hydrogens is 258 g/mol. The number of phenols is 1. The standard InChI is InChI=1S/C15H11NO4/c16-8-5-6-11(12(17)7-8)15(20)13(18)9-3-1-2-4-10(9)14(15)19/h1-7,17,20H,16H2. The molecule has 2 aromatic rings. The summed E-state index contributed by atoms with van der Waals surface area (Å²) in [6.07, 6.45) is 0. The van der Waals surface area contributed by atoms with Gasteiger partial charge in [-0.2, -0.15) is 0 Å². The van der Waals surface area contributed by atoms with E-state index in [1.54, 1.807) is 12.1 Å². The van der Waals surface area contributed by atoms with Crippen molar-refractivity contribution in [2.45, 2.75) is 5.60 Å². The number of aliphatic hydroxyl groups is 1. The van der Waals surface area contributed by atoms with E-state index in [4.69, 9.17) is 5.73 Å². The second kappa shape index (κ2) is 3.91. The van der Waals surface area contributed by atoms with Crippen molar-refractivity contribution < 1.29 is 19.8 Å². The maximum atomic E-state index is 12.4. The number of fused-ring (bicyclic) bond motifs is 1. The van der Waals surface area contributed by atoms with Crippen molar-refractivity contribution in [1.82, 2.24) is 0 Å². The molecule has 1 aliphatic carbocycles. The summed E-state index contributed by atoms with van der Waals surface area (Å²) in [7, 11) is 0. The van der Waals surface area contributed by atoms with Crippen molar-refractivity contribution in [2.75, 3.05) is 5.73 Å². The average Bonchev–Trinajstić information content (AvgIpc) is 2.62. The first kappa shape index (κ1) is 12.4. The lowest BCUT2D eigenvalue weighted by molar-refractivity contribution is 0.0312. The Balaban J connectivity index is 2.24. The first-order valence-electron chi connectivity index (χ1n) is 5.96. The second-order valence-corrected chi connectivity index (χ2v) is 4.69. The zero-order valence-electron chi connectivity index (χ0n) is 10.3. The normalized spacial score (nSPS) is 16.2. The summed E-state index contributed by atoms with van der Waals surface area (Å²) in [5.74, 6) is -1.86. The summed E-state index contributed by atoms with van der Waals surface area (Å²) in [6.45, 7) is 0. The van der Waals surface area contributed by atoms with Gasteiger partial charge in [0.05, 0.1) is 0 Å². The Hall–Kier alpha value is -2.66. The van der Waals surface area contributed by atoms with Crippen molar-refractivity contribution in [2.24, 2.45) is 0 Å². The van der Waals surface area contributed by atoms with Crippen LogP contribution in [0.5, 0.6) is 5.75 Å². The quantitative estimate of drug-likeness (QED) is 0.534. The van der Waals surface area contributed by atoms with E-state index in [1.165, 1.54) is 30.3 Å². The van der Waals surface area contributed by atoms with Gasteiger partial charge < -0.3 is 15.9 Å². The van der Waals surface area contributed by atoms with Gasteiger partial charge in [-0.3, -0.25) is 9.59 Å². The minimum Gasteiger partial charge on any atom is -0.507 e. The van der Waals surface area contributed by atoms with Crippen LogP contribution >= 0.6 is 0 Å². The highest BCUT2D eigenvalue weighted by Gasteiger charge is 2.54. The number of rotatable bonds is 1. The molecule has 0 radical (unpaired) electrons. The van der Waals surface area contributed by atoms with Crippen LogP contribution in [0.1, 0.15) is 26.3 Å². The zero-order chi connectivity index (χ0) is 14.5. The van der Waals surface area contributed by atoms with Gasteiger partial charge in [-0.15, -0.1) is 0 Å². The van der Waals surface area contributed by atoms with E-state index >= 15 is 0 Å². The first-order valence-corrected chi connectivity index (χ1v) is 5.96. The number of ketones is 2. The highest BCUT2D eigenvalue weighted by Crippen LogP contribution is 2.41. The van der Waals surface area contributed by atoms with Crippen molar-refractivity contribution >= 4 is 17.3 Å². The number of Topliss-reactive ketones (excluding diaryl/α,β-unsaturated/α-hetero) is 2. The van der Waals surface area contributed by atoms with Crippen LogP contribution in [-0.4, -0.2) is 21.8 Å². The van der Waals surface area contributed by atoms with Crippen LogP contribution in [0.2, 0.25) is 0 Å². The molecule has 0 saturated heterocycles. The molecule has 0 aromatic heterocycles. The number of benzene rings is 2. The molecule has 5 nitrogen and oxygen atoms in total. The lowest BCUT2D eigenvalue weighted by atomic mass is 9.88.